The highest BCUT2D eigenvalue weighted by Gasteiger charge is 2.36. The molecule has 1 saturated heterocycles. The summed E-state index contributed by atoms with van der Waals surface area (Å²) in [5.74, 6) is 1.61. The van der Waals surface area contributed by atoms with Crippen molar-refractivity contribution in [2.45, 2.75) is 31.7 Å². The third kappa shape index (κ3) is 1.92. The summed E-state index contributed by atoms with van der Waals surface area (Å²) >= 11 is 5.75. The molecule has 2 atom stereocenters. The van der Waals surface area contributed by atoms with Crippen LogP contribution in [0, 0.1) is 5.92 Å². The van der Waals surface area contributed by atoms with Gasteiger partial charge in [-0.1, -0.05) is 13.0 Å². The Balaban J connectivity index is 1.90. The average Bonchev–Trinajstić information content (AvgIpc) is 2.69. The molecule has 1 saturated carbocycles. The highest BCUT2D eigenvalue weighted by molar-refractivity contribution is 6.19. The van der Waals surface area contributed by atoms with Gasteiger partial charge in [-0.3, -0.25) is 4.90 Å². The summed E-state index contributed by atoms with van der Waals surface area (Å²) in [6.07, 6.45) is 5.69. The SMILES string of the molecule is C=C(CCl)CN1CCC2CCCC21. The molecule has 0 N–H and O–H groups in total. The fourth-order valence-electron chi connectivity index (χ4n) is 2.86. The van der Waals surface area contributed by atoms with Crippen molar-refractivity contribution >= 4 is 11.6 Å². The lowest BCUT2D eigenvalue weighted by molar-refractivity contribution is 0.261. The molecule has 2 fully saturated rings. The Morgan fingerprint density at radius 3 is 3.00 bits per heavy atom. The van der Waals surface area contributed by atoms with Crippen molar-refractivity contribution in [1.82, 2.24) is 4.90 Å². The number of hydrogen-bond acceptors (Lipinski definition) is 1. The minimum Gasteiger partial charge on any atom is -0.296 e. The van der Waals surface area contributed by atoms with Crippen LogP contribution in [0.3, 0.4) is 0 Å². The van der Waals surface area contributed by atoms with E-state index in [0.717, 1.165) is 18.5 Å². The van der Waals surface area contributed by atoms with Crippen molar-refractivity contribution in [1.29, 1.82) is 0 Å². The van der Waals surface area contributed by atoms with Crippen LogP contribution in [-0.2, 0) is 0 Å². The number of fused-ring (bicyclic) bond motifs is 1. The summed E-state index contributed by atoms with van der Waals surface area (Å²) in [4.78, 5) is 2.59. The van der Waals surface area contributed by atoms with E-state index in [1.165, 1.54) is 37.8 Å². The predicted octanol–water partition coefficient (Wildman–Crippen LogP) is 2.66. The number of hydrogen-bond donors (Lipinski definition) is 0. The normalized spacial score (nSPS) is 33.6. The second kappa shape index (κ2) is 4.02. The lowest BCUT2D eigenvalue weighted by Gasteiger charge is -2.23. The Morgan fingerprint density at radius 2 is 2.23 bits per heavy atom. The molecule has 0 aromatic heterocycles. The zero-order valence-electron chi connectivity index (χ0n) is 8.14. The van der Waals surface area contributed by atoms with Gasteiger partial charge in [-0.25, -0.2) is 0 Å². The molecule has 1 heterocycles. The fraction of sp³-hybridized carbons (Fsp3) is 0.818. The molecule has 2 aliphatic rings. The summed E-state index contributed by atoms with van der Waals surface area (Å²) in [7, 11) is 0. The quantitative estimate of drug-likeness (QED) is 0.499. The second-order valence-electron chi connectivity index (χ2n) is 4.40. The fourth-order valence-corrected chi connectivity index (χ4v) is 2.94. The monoisotopic (exact) mass is 199 g/mol. The Kier molecular flexibility index (Phi) is 2.95. The first-order valence-electron chi connectivity index (χ1n) is 5.28. The van der Waals surface area contributed by atoms with Gasteiger partial charge >= 0.3 is 0 Å². The van der Waals surface area contributed by atoms with Crippen molar-refractivity contribution in [3.05, 3.63) is 12.2 Å². The molecule has 1 aliphatic heterocycles. The van der Waals surface area contributed by atoms with E-state index < -0.39 is 0 Å². The molecule has 0 amide bonds. The Morgan fingerprint density at radius 1 is 1.38 bits per heavy atom. The molecule has 0 aromatic rings. The summed E-state index contributed by atoms with van der Waals surface area (Å²) in [5, 5.41) is 0. The Labute approximate surface area is 85.8 Å². The van der Waals surface area contributed by atoms with Crippen LogP contribution in [0.25, 0.3) is 0 Å². The maximum absolute atomic E-state index is 5.75. The van der Waals surface area contributed by atoms with Crippen LogP contribution in [0.2, 0.25) is 0 Å². The van der Waals surface area contributed by atoms with E-state index in [4.69, 9.17) is 11.6 Å². The van der Waals surface area contributed by atoms with Gasteiger partial charge in [-0.15, -0.1) is 11.6 Å². The molecule has 13 heavy (non-hydrogen) atoms. The van der Waals surface area contributed by atoms with E-state index in [2.05, 4.69) is 11.5 Å². The minimum absolute atomic E-state index is 0.619. The standard InChI is InChI=1S/C11H18ClN/c1-9(7-12)8-13-6-5-10-3-2-4-11(10)13/h10-11H,1-8H2. The molecule has 1 nitrogen and oxygen atoms in total. The first-order chi connectivity index (χ1) is 6.31. The largest absolute Gasteiger partial charge is 0.296 e. The van der Waals surface area contributed by atoms with E-state index >= 15 is 0 Å². The summed E-state index contributed by atoms with van der Waals surface area (Å²) in [5.41, 5.74) is 1.18. The Bertz CT molecular complexity index is 202. The van der Waals surface area contributed by atoms with Crippen molar-refractivity contribution in [3.8, 4) is 0 Å². The molecule has 0 aromatic carbocycles. The highest BCUT2D eigenvalue weighted by atomic mass is 35.5. The molecular weight excluding hydrogens is 182 g/mol. The van der Waals surface area contributed by atoms with Gasteiger partial charge in [0.1, 0.15) is 0 Å². The predicted molar refractivity (Wildman–Crippen MR) is 57.2 cm³/mol. The average molecular weight is 200 g/mol. The van der Waals surface area contributed by atoms with Crippen molar-refractivity contribution in [2.24, 2.45) is 5.92 Å². The van der Waals surface area contributed by atoms with Crippen molar-refractivity contribution in [2.75, 3.05) is 19.0 Å². The molecule has 2 unspecified atom stereocenters. The smallest absolute Gasteiger partial charge is 0.0443 e. The van der Waals surface area contributed by atoms with Crippen LogP contribution >= 0.6 is 11.6 Å². The third-order valence-corrected chi connectivity index (χ3v) is 3.87. The zero-order chi connectivity index (χ0) is 9.26. The van der Waals surface area contributed by atoms with Crippen molar-refractivity contribution < 1.29 is 0 Å². The molecular formula is C11H18ClN. The van der Waals surface area contributed by atoms with E-state index in [1.807, 2.05) is 0 Å². The summed E-state index contributed by atoms with van der Waals surface area (Å²) in [6.45, 7) is 6.28. The highest BCUT2D eigenvalue weighted by Crippen LogP contribution is 2.37. The van der Waals surface area contributed by atoms with Gasteiger partial charge in [0.25, 0.3) is 0 Å². The van der Waals surface area contributed by atoms with E-state index in [1.54, 1.807) is 0 Å². The molecule has 0 bridgehead atoms. The molecule has 0 spiro atoms. The van der Waals surface area contributed by atoms with Crippen LogP contribution in [0.1, 0.15) is 25.7 Å². The first-order valence-corrected chi connectivity index (χ1v) is 5.81. The van der Waals surface area contributed by atoms with Gasteiger partial charge in [0, 0.05) is 18.5 Å². The van der Waals surface area contributed by atoms with Gasteiger partial charge in [0.15, 0.2) is 0 Å². The van der Waals surface area contributed by atoms with Crippen molar-refractivity contribution in [3.63, 3.8) is 0 Å². The number of halogens is 1. The van der Waals surface area contributed by atoms with Gasteiger partial charge in [0.05, 0.1) is 0 Å². The summed E-state index contributed by atoms with van der Waals surface area (Å²) < 4.78 is 0. The zero-order valence-corrected chi connectivity index (χ0v) is 8.89. The number of nitrogens with zero attached hydrogens (tertiary/aromatic N) is 1. The van der Waals surface area contributed by atoms with Crippen LogP contribution in [-0.4, -0.2) is 29.9 Å². The van der Waals surface area contributed by atoms with Gasteiger partial charge < -0.3 is 0 Å². The van der Waals surface area contributed by atoms with Gasteiger partial charge in [-0.05, 0) is 37.3 Å². The Hall–Kier alpha value is -0.0100. The van der Waals surface area contributed by atoms with Crippen LogP contribution < -0.4 is 0 Å². The molecule has 2 heteroatoms. The molecule has 1 aliphatic carbocycles. The lowest BCUT2D eigenvalue weighted by Crippen LogP contribution is -2.31. The van der Waals surface area contributed by atoms with Gasteiger partial charge in [-0.2, -0.15) is 0 Å². The maximum Gasteiger partial charge on any atom is 0.0443 e. The third-order valence-electron chi connectivity index (χ3n) is 3.49. The first kappa shape index (κ1) is 9.54. The van der Waals surface area contributed by atoms with Crippen LogP contribution in [0.15, 0.2) is 12.2 Å². The van der Waals surface area contributed by atoms with Crippen LogP contribution in [0.5, 0.6) is 0 Å². The number of likely N-dealkylation sites (tertiary alicyclic amines) is 1. The number of alkyl halides is 1. The number of rotatable bonds is 3. The summed E-state index contributed by atoms with van der Waals surface area (Å²) in [6, 6.07) is 0.861. The molecule has 74 valence electrons. The van der Waals surface area contributed by atoms with E-state index in [9.17, 15) is 0 Å². The van der Waals surface area contributed by atoms with Gasteiger partial charge in [0.2, 0.25) is 0 Å². The molecule has 0 radical (unpaired) electrons. The van der Waals surface area contributed by atoms with E-state index in [0.29, 0.717) is 5.88 Å². The van der Waals surface area contributed by atoms with E-state index in [-0.39, 0.29) is 0 Å². The lowest BCUT2D eigenvalue weighted by atomic mass is 10.0. The maximum atomic E-state index is 5.75. The minimum atomic E-state index is 0.619. The van der Waals surface area contributed by atoms with Crippen LogP contribution in [0.4, 0.5) is 0 Å². The molecule has 2 rings (SSSR count). The topological polar surface area (TPSA) is 3.24 Å². The second-order valence-corrected chi connectivity index (χ2v) is 4.67.